The molecular formula is C19H16N2O2S. The van der Waals surface area contributed by atoms with Gasteiger partial charge in [-0.05, 0) is 42.3 Å². The van der Waals surface area contributed by atoms with Crippen molar-refractivity contribution >= 4 is 22.9 Å². The van der Waals surface area contributed by atoms with Crippen LogP contribution in [0.2, 0.25) is 0 Å². The molecule has 24 heavy (non-hydrogen) atoms. The first kappa shape index (κ1) is 14.0. The van der Waals surface area contributed by atoms with Crippen LogP contribution in [0, 0.1) is 0 Å². The number of hydrogen-bond donors (Lipinski definition) is 0. The number of anilines is 1. The van der Waals surface area contributed by atoms with Crippen LogP contribution in [-0.4, -0.2) is 17.6 Å². The van der Waals surface area contributed by atoms with Crippen LogP contribution in [-0.2, 0) is 16.6 Å². The van der Waals surface area contributed by atoms with E-state index in [9.17, 15) is 4.79 Å². The van der Waals surface area contributed by atoms with Gasteiger partial charge in [-0.3, -0.25) is 4.79 Å². The van der Waals surface area contributed by atoms with E-state index < -0.39 is 5.41 Å². The maximum atomic E-state index is 13.2. The lowest BCUT2D eigenvalue weighted by atomic mass is 10.00. The van der Waals surface area contributed by atoms with Crippen molar-refractivity contribution < 1.29 is 9.32 Å². The number of aromatic nitrogens is 1. The summed E-state index contributed by atoms with van der Waals surface area (Å²) >= 11 is 1.62. The maximum absolute atomic E-state index is 13.2. The largest absolute Gasteiger partial charge is 0.355 e. The van der Waals surface area contributed by atoms with E-state index in [4.69, 9.17) is 4.52 Å². The minimum Gasteiger partial charge on any atom is -0.355 e. The summed E-state index contributed by atoms with van der Waals surface area (Å²) in [7, 11) is 0. The van der Waals surface area contributed by atoms with E-state index in [2.05, 4.69) is 11.2 Å². The zero-order valence-corrected chi connectivity index (χ0v) is 13.9. The Balaban J connectivity index is 1.47. The molecule has 0 bridgehead atoms. The Labute approximate surface area is 143 Å². The number of benzene rings is 1. The van der Waals surface area contributed by atoms with Crippen LogP contribution in [0.15, 0.2) is 52.4 Å². The van der Waals surface area contributed by atoms with E-state index in [-0.39, 0.29) is 5.91 Å². The zero-order valence-electron chi connectivity index (χ0n) is 13.1. The smallest absolute Gasteiger partial charge is 0.239 e. The Bertz CT molecular complexity index is 909. The lowest BCUT2D eigenvalue weighted by Crippen LogP contribution is -2.38. The van der Waals surface area contributed by atoms with E-state index in [1.54, 1.807) is 11.3 Å². The highest BCUT2D eigenvalue weighted by Gasteiger charge is 2.56. The van der Waals surface area contributed by atoms with E-state index in [1.807, 2.05) is 46.7 Å². The number of hydrogen-bond acceptors (Lipinski definition) is 4. The number of rotatable bonds is 3. The molecule has 1 fully saturated rings. The lowest BCUT2D eigenvalue weighted by molar-refractivity contribution is -0.121. The van der Waals surface area contributed by atoms with Crippen LogP contribution in [0.1, 0.15) is 24.1 Å². The van der Waals surface area contributed by atoms with Crippen LogP contribution in [0.25, 0.3) is 10.6 Å². The highest BCUT2D eigenvalue weighted by molar-refractivity contribution is 7.13. The first-order valence-electron chi connectivity index (χ1n) is 8.19. The quantitative estimate of drug-likeness (QED) is 0.725. The van der Waals surface area contributed by atoms with Crippen molar-refractivity contribution in [3.05, 3.63) is 59.1 Å². The van der Waals surface area contributed by atoms with Crippen LogP contribution in [0.4, 0.5) is 5.69 Å². The highest BCUT2D eigenvalue weighted by atomic mass is 32.1. The number of fused-ring (bicyclic) bond motifs is 1. The van der Waals surface area contributed by atoms with Gasteiger partial charge in [0.1, 0.15) is 0 Å². The van der Waals surface area contributed by atoms with Gasteiger partial charge in [0, 0.05) is 18.3 Å². The number of para-hydroxylation sites is 1. The molecule has 1 aliphatic carbocycles. The van der Waals surface area contributed by atoms with Gasteiger partial charge in [0.2, 0.25) is 5.91 Å². The fraction of sp³-hybridized carbons (Fsp3) is 0.263. The molecule has 0 atom stereocenters. The predicted octanol–water partition coefficient (Wildman–Crippen LogP) is 4.02. The van der Waals surface area contributed by atoms with E-state index in [0.29, 0.717) is 0 Å². The molecule has 2 aliphatic rings. The molecule has 5 rings (SSSR count). The normalized spacial score (nSPS) is 17.8. The number of carbonyl (C=O) groups excluding carboxylic acids is 1. The van der Waals surface area contributed by atoms with E-state index in [0.717, 1.165) is 47.8 Å². The van der Waals surface area contributed by atoms with Crippen molar-refractivity contribution in [3.8, 4) is 10.6 Å². The van der Waals surface area contributed by atoms with Crippen LogP contribution in [0.3, 0.4) is 0 Å². The minimum absolute atomic E-state index is 0.165. The van der Waals surface area contributed by atoms with Crippen molar-refractivity contribution in [1.29, 1.82) is 0 Å². The topological polar surface area (TPSA) is 46.3 Å². The molecule has 0 unspecified atom stereocenters. The number of nitrogens with zero attached hydrogens (tertiary/aromatic N) is 2. The van der Waals surface area contributed by atoms with Gasteiger partial charge in [-0.2, -0.15) is 0 Å². The molecule has 1 aromatic carbocycles. The van der Waals surface area contributed by atoms with Gasteiger partial charge < -0.3 is 9.42 Å². The van der Waals surface area contributed by atoms with Gasteiger partial charge in [-0.15, -0.1) is 11.3 Å². The molecule has 5 heteroatoms. The third kappa shape index (κ3) is 1.97. The molecule has 1 amide bonds. The maximum Gasteiger partial charge on any atom is 0.239 e. The summed E-state index contributed by atoms with van der Waals surface area (Å²) in [6, 6.07) is 14.1. The first-order valence-corrected chi connectivity index (χ1v) is 9.07. The standard InChI is InChI=1S/C19H16N2O2S/c22-18(21-10-7-13-4-1-2-5-14(13)21)19(8-9-19)17-12-15(23-20-17)16-6-3-11-24-16/h1-6,11-12H,7-10H2. The molecule has 0 spiro atoms. The molecule has 1 aliphatic heterocycles. The minimum atomic E-state index is -0.490. The summed E-state index contributed by atoms with van der Waals surface area (Å²) in [6.07, 6.45) is 2.62. The second kappa shape index (κ2) is 5.05. The van der Waals surface area contributed by atoms with Crippen molar-refractivity contribution in [2.45, 2.75) is 24.7 Å². The summed E-state index contributed by atoms with van der Waals surface area (Å²) < 4.78 is 5.51. The molecule has 1 saturated carbocycles. The van der Waals surface area contributed by atoms with Gasteiger partial charge in [-0.1, -0.05) is 29.4 Å². The molecule has 3 heterocycles. The van der Waals surface area contributed by atoms with Crippen molar-refractivity contribution in [2.75, 3.05) is 11.4 Å². The van der Waals surface area contributed by atoms with Gasteiger partial charge in [-0.25, -0.2) is 0 Å². The molecule has 0 saturated heterocycles. The van der Waals surface area contributed by atoms with Crippen molar-refractivity contribution in [2.24, 2.45) is 0 Å². The molecule has 0 N–H and O–H groups in total. The molecular weight excluding hydrogens is 320 g/mol. The lowest BCUT2D eigenvalue weighted by Gasteiger charge is -2.22. The first-order chi connectivity index (χ1) is 11.8. The zero-order chi connectivity index (χ0) is 16.1. The van der Waals surface area contributed by atoms with Gasteiger partial charge in [0.25, 0.3) is 0 Å². The predicted molar refractivity (Wildman–Crippen MR) is 93.2 cm³/mol. The summed E-state index contributed by atoms with van der Waals surface area (Å²) in [5.41, 5.74) is 2.59. The fourth-order valence-electron chi connectivity index (χ4n) is 3.55. The van der Waals surface area contributed by atoms with E-state index in [1.165, 1.54) is 5.56 Å². The number of thiophene rings is 1. The molecule has 0 radical (unpaired) electrons. The number of carbonyl (C=O) groups is 1. The Morgan fingerprint density at radius 3 is 2.88 bits per heavy atom. The van der Waals surface area contributed by atoms with Gasteiger partial charge in [0.15, 0.2) is 5.76 Å². The van der Waals surface area contributed by atoms with Crippen LogP contribution in [0.5, 0.6) is 0 Å². The molecule has 2 aromatic heterocycles. The SMILES string of the molecule is O=C(N1CCc2ccccc21)C1(c2cc(-c3cccs3)on2)CC1. The summed E-state index contributed by atoms with van der Waals surface area (Å²) in [5, 5.41) is 6.25. The Hall–Kier alpha value is -2.40. The second-order valence-corrected chi connectivity index (χ2v) is 7.42. The Kier molecular flexibility index (Phi) is 2.94. The van der Waals surface area contributed by atoms with Crippen molar-refractivity contribution in [1.82, 2.24) is 5.16 Å². The Morgan fingerprint density at radius 2 is 2.08 bits per heavy atom. The monoisotopic (exact) mass is 336 g/mol. The van der Waals surface area contributed by atoms with Crippen LogP contribution >= 0.6 is 11.3 Å². The summed E-state index contributed by atoms with van der Waals surface area (Å²) in [6.45, 7) is 0.759. The number of amides is 1. The van der Waals surface area contributed by atoms with Crippen molar-refractivity contribution in [3.63, 3.8) is 0 Å². The fourth-order valence-corrected chi connectivity index (χ4v) is 4.22. The average molecular weight is 336 g/mol. The molecule has 4 nitrogen and oxygen atoms in total. The summed E-state index contributed by atoms with van der Waals surface area (Å²) in [4.78, 5) is 16.2. The summed E-state index contributed by atoms with van der Waals surface area (Å²) in [5.74, 6) is 0.916. The average Bonchev–Trinajstić information content (AvgIpc) is 3.06. The van der Waals surface area contributed by atoms with Gasteiger partial charge >= 0.3 is 0 Å². The third-order valence-corrected chi connectivity index (χ3v) is 5.94. The van der Waals surface area contributed by atoms with E-state index >= 15 is 0 Å². The molecule has 3 aromatic rings. The van der Waals surface area contributed by atoms with Gasteiger partial charge in [0.05, 0.1) is 16.0 Å². The van der Waals surface area contributed by atoms with Crippen LogP contribution < -0.4 is 4.90 Å². The highest BCUT2D eigenvalue weighted by Crippen LogP contribution is 2.51. The second-order valence-electron chi connectivity index (χ2n) is 6.47. The third-order valence-electron chi connectivity index (χ3n) is 5.06. The Morgan fingerprint density at radius 1 is 1.21 bits per heavy atom. The molecule has 120 valence electrons.